The molecule has 0 fully saturated rings. The molecule has 0 aliphatic carbocycles. The molecular formula is C9H12F3N3O2S. The Kier molecular flexibility index (Phi) is 5.00. The van der Waals surface area contributed by atoms with E-state index in [0.29, 0.717) is 12.8 Å². The highest BCUT2D eigenvalue weighted by molar-refractivity contribution is 7.99. The van der Waals surface area contributed by atoms with Crippen LogP contribution in [0.15, 0.2) is 5.16 Å². The number of rotatable bonds is 6. The van der Waals surface area contributed by atoms with Crippen molar-refractivity contribution in [2.75, 3.05) is 5.75 Å². The summed E-state index contributed by atoms with van der Waals surface area (Å²) in [6.45, 7) is 0.619. The SMILES string of the molecule is CCCc1nnc(SCC(=O)O)n1CC(F)(F)F. The molecule has 0 aliphatic rings. The van der Waals surface area contributed by atoms with E-state index < -0.39 is 18.7 Å². The van der Waals surface area contributed by atoms with Crippen LogP contribution >= 0.6 is 11.8 Å². The summed E-state index contributed by atoms with van der Waals surface area (Å²) in [5.41, 5.74) is 0. The van der Waals surface area contributed by atoms with Crippen molar-refractivity contribution in [1.29, 1.82) is 0 Å². The lowest BCUT2D eigenvalue weighted by Gasteiger charge is -2.11. The van der Waals surface area contributed by atoms with Crippen molar-refractivity contribution in [3.8, 4) is 0 Å². The Morgan fingerprint density at radius 2 is 2.11 bits per heavy atom. The number of hydrogen-bond acceptors (Lipinski definition) is 4. The zero-order chi connectivity index (χ0) is 13.8. The van der Waals surface area contributed by atoms with Gasteiger partial charge in [-0.05, 0) is 6.42 Å². The fraction of sp³-hybridized carbons (Fsp3) is 0.667. The lowest BCUT2D eigenvalue weighted by Crippen LogP contribution is -2.20. The van der Waals surface area contributed by atoms with Gasteiger partial charge in [-0.15, -0.1) is 10.2 Å². The van der Waals surface area contributed by atoms with Crippen molar-refractivity contribution in [3.05, 3.63) is 5.82 Å². The molecule has 1 aromatic heterocycles. The lowest BCUT2D eigenvalue weighted by molar-refractivity contribution is -0.142. The minimum Gasteiger partial charge on any atom is -0.481 e. The van der Waals surface area contributed by atoms with Gasteiger partial charge in [0.2, 0.25) is 0 Å². The Hall–Kier alpha value is -1.25. The van der Waals surface area contributed by atoms with Crippen LogP contribution in [-0.4, -0.2) is 37.8 Å². The number of halogens is 3. The van der Waals surface area contributed by atoms with Gasteiger partial charge in [-0.1, -0.05) is 18.7 Å². The van der Waals surface area contributed by atoms with Gasteiger partial charge in [0.1, 0.15) is 12.4 Å². The standard InChI is InChI=1S/C9H12F3N3O2S/c1-2-3-6-13-14-8(18-4-7(16)17)15(6)5-9(10,11)12/h2-5H2,1H3,(H,16,17). The molecule has 1 N–H and O–H groups in total. The molecule has 1 rings (SSSR count). The van der Waals surface area contributed by atoms with Gasteiger partial charge in [0.05, 0.1) is 5.75 Å². The smallest absolute Gasteiger partial charge is 0.406 e. The van der Waals surface area contributed by atoms with Crippen molar-refractivity contribution in [3.63, 3.8) is 0 Å². The zero-order valence-corrected chi connectivity index (χ0v) is 10.4. The van der Waals surface area contributed by atoms with Crippen LogP contribution in [0.2, 0.25) is 0 Å². The summed E-state index contributed by atoms with van der Waals surface area (Å²) in [5.74, 6) is -1.23. The fourth-order valence-electron chi connectivity index (χ4n) is 1.30. The molecule has 1 aromatic rings. The van der Waals surface area contributed by atoms with Crippen LogP contribution in [0.4, 0.5) is 13.2 Å². The molecule has 0 saturated carbocycles. The molecule has 0 bridgehead atoms. The number of aliphatic carboxylic acids is 1. The van der Waals surface area contributed by atoms with Crippen molar-refractivity contribution in [1.82, 2.24) is 14.8 Å². The van der Waals surface area contributed by atoms with E-state index >= 15 is 0 Å². The minimum absolute atomic E-state index is 0.0156. The van der Waals surface area contributed by atoms with Gasteiger partial charge in [0.15, 0.2) is 5.16 Å². The first kappa shape index (κ1) is 14.8. The van der Waals surface area contributed by atoms with Gasteiger partial charge in [-0.25, -0.2) is 0 Å². The molecule has 0 spiro atoms. The van der Waals surface area contributed by atoms with Crippen LogP contribution in [-0.2, 0) is 17.8 Å². The Labute approximate surface area is 105 Å². The number of carbonyl (C=O) groups is 1. The third-order valence-electron chi connectivity index (χ3n) is 1.93. The molecule has 0 radical (unpaired) electrons. The predicted octanol–water partition coefficient (Wildman–Crippen LogP) is 1.97. The topological polar surface area (TPSA) is 68.0 Å². The zero-order valence-electron chi connectivity index (χ0n) is 9.57. The number of aryl methyl sites for hydroxylation is 1. The highest BCUT2D eigenvalue weighted by Crippen LogP contribution is 2.24. The molecule has 0 amide bonds. The molecule has 0 aliphatic heterocycles. The maximum atomic E-state index is 12.4. The summed E-state index contributed by atoms with van der Waals surface area (Å²) in [6.07, 6.45) is -3.38. The van der Waals surface area contributed by atoms with Crippen LogP contribution in [0.5, 0.6) is 0 Å². The number of carboxylic acids is 1. The molecule has 102 valence electrons. The predicted molar refractivity (Wildman–Crippen MR) is 58.4 cm³/mol. The molecule has 0 saturated heterocycles. The van der Waals surface area contributed by atoms with E-state index in [1.165, 1.54) is 0 Å². The van der Waals surface area contributed by atoms with E-state index in [9.17, 15) is 18.0 Å². The van der Waals surface area contributed by atoms with Gasteiger partial charge in [0.25, 0.3) is 0 Å². The first-order chi connectivity index (χ1) is 8.33. The first-order valence-electron chi connectivity index (χ1n) is 5.17. The Morgan fingerprint density at radius 1 is 1.44 bits per heavy atom. The first-order valence-corrected chi connectivity index (χ1v) is 6.15. The average Bonchev–Trinajstić information content (AvgIpc) is 2.57. The quantitative estimate of drug-likeness (QED) is 0.808. The van der Waals surface area contributed by atoms with Crippen LogP contribution < -0.4 is 0 Å². The van der Waals surface area contributed by atoms with Crippen molar-refractivity contribution in [2.45, 2.75) is 37.6 Å². The molecule has 0 atom stereocenters. The number of thioether (sulfide) groups is 1. The van der Waals surface area contributed by atoms with Gasteiger partial charge in [-0.3, -0.25) is 9.36 Å². The van der Waals surface area contributed by atoms with E-state index in [2.05, 4.69) is 10.2 Å². The molecule has 18 heavy (non-hydrogen) atoms. The summed E-state index contributed by atoms with van der Waals surface area (Å²) >= 11 is 0.732. The second-order valence-electron chi connectivity index (χ2n) is 3.53. The number of aromatic nitrogens is 3. The minimum atomic E-state index is -4.39. The number of alkyl halides is 3. The third-order valence-corrected chi connectivity index (χ3v) is 2.88. The molecular weight excluding hydrogens is 271 g/mol. The third kappa shape index (κ3) is 4.55. The second-order valence-corrected chi connectivity index (χ2v) is 4.48. The fourth-order valence-corrected chi connectivity index (χ4v) is 1.98. The van der Waals surface area contributed by atoms with Gasteiger partial charge in [0, 0.05) is 6.42 Å². The van der Waals surface area contributed by atoms with Crippen LogP contribution in [0.3, 0.4) is 0 Å². The monoisotopic (exact) mass is 283 g/mol. The van der Waals surface area contributed by atoms with Gasteiger partial charge >= 0.3 is 12.1 Å². The second kappa shape index (κ2) is 6.07. The number of carboxylic acid groups (broad SMARTS) is 1. The normalized spacial score (nSPS) is 11.8. The highest BCUT2D eigenvalue weighted by atomic mass is 32.2. The van der Waals surface area contributed by atoms with Crippen LogP contribution in [0.25, 0.3) is 0 Å². The lowest BCUT2D eigenvalue weighted by atomic mass is 10.3. The molecule has 5 nitrogen and oxygen atoms in total. The Bertz CT molecular complexity index is 420. The Morgan fingerprint density at radius 3 is 2.61 bits per heavy atom. The Balaban J connectivity index is 2.91. The average molecular weight is 283 g/mol. The largest absolute Gasteiger partial charge is 0.481 e. The summed E-state index contributed by atoms with van der Waals surface area (Å²) in [6, 6.07) is 0. The van der Waals surface area contributed by atoms with Crippen molar-refractivity contribution < 1.29 is 23.1 Å². The van der Waals surface area contributed by atoms with Crippen LogP contribution in [0, 0.1) is 0 Å². The van der Waals surface area contributed by atoms with Gasteiger partial charge < -0.3 is 5.11 Å². The van der Waals surface area contributed by atoms with Gasteiger partial charge in [-0.2, -0.15) is 13.2 Å². The maximum absolute atomic E-state index is 12.4. The molecule has 1 heterocycles. The van der Waals surface area contributed by atoms with E-state index in [4.69, 9.17) is 5.11 Å². The van der Waals surface area contributed by atoms with E-state index in [-0.39, 0.29) is 16.7 Å². The summed E-state index contributed by atoms with van der Waals surface area (Å²) in [5, 5.41) is 15.8. The summed E-state index contributed by atoms with van der Waals surface area (Å²) < 4.78 is 38.2. The summed E-state index contributed by atoms with van der Waals surface area (Å²) in [4.78, 5) is 10.4. The van der Waals surface area contributed by atoms with E-state index in [1.807, 2.05) is 6.92 Å². The maximum Gasteiger partial charge on any atom is 0.406 e. The molecule has 0 aromatic carbocycles. The number of nitrogens with zero attached hydrogens (tertiary/aromatic N) is 3. The molecule has 0 unspecified atom stereocenters. The van der Waals surface area contributed by atoms with Crippen LogP contribution in [0.1, 0.15) is 19.2 Å². The molecule has 9 heteroatoms. The summed E-state index contributed by atoms with van der Waals surface area (Å²) in [7, 11) is 0. The van der Waals surface area contributed by atoms with Crippen molar-refractivity contribution in [2.24, 2.45) is 0 Å². The highest BCUT2D eigenvalue weighted by Gasteiger charge is 2.31. The van der Waals surface area contributed by atoms with E-state index in [1.54, 1.807) is 0 Å². The van der Waals surface area contributed by atoms with E-state index in [0.717, 1.165) is 16.3 Å². The number of hydrogen-bond donors (Lipinski definition) is 1. The van der Waals surface area contributed by atoms with Crippen molar-refractivity contribution >= 4 is 17.7 Å².